The van der Waals surface area contributed by atoms with E-state index in [0.29, 0.717) is 3.57 Å². The Kier molecular flexibility index (Phi) is 3.15. The molecule has 1 rings (SSSR count). The molecule has 13 heavy (non-hydrogen) atoms. The van der Waals surface area contributed by atoms with Crippen LogP contribution >= 0.6 is 22.6 Å². The maximum atomic E-state index is 12.2. The standard InChI is InChI=1S/C8H5F4I/c9-4-5-3-6(8(10,11)12)1-2-7(5)13/h1-3H,4H2. The van der Waals surface area contributed by atoms with Crippen molar-refractivity contribution in [3.8, 4) is 0 Å². The van der Waals surface area contributed by atoms with Crippen LogP contribution in [0.1, 0.15) is 11.1 Å². The lowest BCUT2D eigenvalue weighted by Crippen LogP contribution is -2.05. The van der Waals surface area contributed by atoms with Gasteiger partial charge in [0.2, 0.25) is 0 Å². The zero-order chi connectivity index (χ0) is 10.1. The summed E-state index contributed by atoms with van der Waals surface area (Å²) in [7, 11) is 0. The smallest absolute Gasteiger partial charge is 0.246 e. The molecule has 0 aliphatic carbocycles. The Hall–Kier alpha value is -0.330. The third-order valence-electron chi connectivity index (χ3n) is 1.52. The Balaban J connectivity index is 3.14. The van der Waals surface area contributed by atoms with Gasteiger partial charge in [-0.3, -0.25) is 0 Å². The largest absolute Gasteiger partial charge is 0.416 e. The highest BCUT2D eigenvalue weighted by atomic mass is 127. The summed E-state index contributed by atoms with van der Waals surface area (Å²) < 4.78 is 49.0. The molecule has 1 aromatic rings. The molecule has 0 saturated heterocycles. The number of benzene rings is 1. The zero-order valence-corrected chi connectivity index (χ0v) is 8.49. The van der Waals surface area contributed by atoms with Gasteiger partial charge in [0.25, 0.3) is 0 Å². The SMILES string of the molecule is FCc1cc(C(F)(F)F)ccc1I. The van der Waals surface area contributed by atoms with E-state index in [0.717, 1.165) is 12.1 Å². The van der Waals surface area contributed by atoms with Gasteiger partial charge in [-0.2, -0.15) is 13.2 Å². The fraction of sp³-hybridized carbons (Fsp3) is 0.250. The highest BCUT2D eigenvalue weighted by Crippen LogP contribution is 2.31. The average molecular weight is 304 g/mol. The Morgan fingerprint density at radius 3 is 2.31 bits per heavy atom. The van der Waals surface area contributed by atoms with E-state index in [1.165, 1.54) is 6.07 Å². The molecule has 0 aliphatic rings. The van der Waals surface area contributed by atoms with E-state index >= 15 is 0 Å². The van der Waals surface area contributed by atoms with Crippen molar-refractivity contribution in [2.75, 3.05) is 0 Å². The molecule has 0 N–H and O–H groups in total. The topological polar surface area (TPSA) is 0 Å². The third-order valence-corrected chi connectivity index (χ3v) is 2.57. The first-order valence-electron chi connectivity index (χ1n) is 3.36. The van der Waals surface area contributed by atoms with Crippen molar-refractivity contribution < 1.29 is 17.6 Å². The summed E-state index contributed by atoms with van der Waals surface area (Å²) in [5, 5.41) is 0. The van der Waals surface area contributed by atoms with Crippen molar-refractivity contribution in [3.63, 3.8) is 0 Å². The molecular weight excluding hydrogens is 299 g/mol. The molecule has 0 amide bonds. The molecule has 0 fully saturated rings. The van der Waals surface area contributed by atoms with Crippen LogP contribution in [0.2, 0.25) is 0 Å². The molecule has 72 valence electrons. The van der Waals surface area contributed by atoms with Crippen LogP contribution in [0.15, 0.2) is 18.2 Å². The van der Waals surface area contributed by atoms with Crippen molar-refractivity contribution in [2.45, 2.75) is 12.9 Å². The number of halogens is 5. The van der Waals surface area contributed by atoms with Gasteiger partial charge in [0.1, 0.15) is 6.67 Å². The Bertz CT molecular complexity index is 306. The third kappa shape index (κ3) is 2.55. The van der Waals surface area contributed by atoms with Gasteiger partial charge < -0.3 is 0 Å². The van der Waals surface area contributed by atoms with E-state index < -0.39 is 18.4 Å². The van der Waals surface area contributed by atoms with Gasteiger partial charge in [0.15, 0.2) is 0 Å². The van der Waals surface area contributed by atoms with Crippen LogP contribution in [-0.4, -0.2) is 0 Å². The number of hydrogen-bond acceptors (Lipinski definition) is 0. The highest BCUT2D eigenvalue weighted by Gasteiger charge is 2.30. The molecule has 0 saturated carbocycles. The Labute approximate surface area is 86.1 Å². The molecular formula is C8H5F4I. The number of rotatable bonds is 1. The van der Waals surface area contributed by atoms with Crippen LogP contribution < -0.4 is 0 Å². The predicted molar refractivity (Wildman–Crippen MR) is 49.0 cm³/mol. The lowest BCUT2D eigenvalue weighted by Gasteiger charge is -2.08. The molecule has 0 radical (unpaired) electrons. The van der Waals surface area contributed by atoms with E-state index in [1.807, 2.05) is 0 Å². The van der Waals surface area contributed by atoms with E-state index in [1.54, 1.807) is 22.6 Å². The summed E-state index contributed by atoms with van der Waals surface area (Å²) in [5.74, 6) is 0. The number of alkyl halides is 4. The van der Waals surface area contributed by atoms with Crippen LogP contribution in [0.4, 0.5) is 17.6 Å². The summed E-state index contributed by atoms with van der Waals surface area (Å²) in [5.41, 5.74) is -0.726. The maximum absolute atomic E-state index is 12.2. The minimum atomic E-state index is -4.39. The minimum Gasteiger partial charge on any atom is -0.246 e. The van der Waals surface area contributed by atoms with Crippen LogP contribution in [0.3, 0.4) is 0 Å². The van der Waals surface area contributed by atoms with Gasteiger partial charge in [-0.25, -0.2) is 4.39 Å². The van der Waals surface area contributed by atoms with Crippen LogP contribution in [0.5, 0.6) is 0 Å². The molecule has 1 aromatic carbocycles. The van der Waals surface area contributed by atoms with Crippen LogP contribution in [0, 0.1) is 3.57 Å². The summed E-state index contributed by atoms with van der Waals surface area (Å²) in [6.07, 6.45) is -4.39. The summed E-state index contributed by atoms with van der Waals surface area (Å²) in [6.45, 7) is -0.873. The second-order valence-corrected chi connectivity index (χ2v) is 3.60. The maximum Gasteiger partial charge on any atom is 0.416 e. The normalized spacial score (nSPS) is 11.8. The van der Waals surface area contributed by atoms with Crippen molar-refractivity contribution in [1.82, 2.24) is 0 Å². The molecule has 0 unspecified atom stereocenters. The van der Waals surface area contributed by atoms with Crippen molar-refractivity contribution in [3.05, 3.63) is 32.9 Å². The van der Waals surface area contributed by atoms with E-state index in [-0.39, 0.29) is 5.56 Å². The average Bonchev–Trinajstić information content (AvgIpc) is 2.03. The van der Waals surface area contributed by atoms with E-state index in [2.05, 4.69) is 0 Å². The molecule has 0 aliphatic heterocycles. The van der Waals surface area contributed by atoms with Crippen LogP contribution in [0.25, 0.3) is 0 Å². The van der Waals surface area contributed by atoms with Crippen molar-refractivity contribution >= 4 is 22.6 Å². The highest BCUT2D eigenvalue weighted by molar-refractivity contribution is 14.1. The summed E-state index contributed by atoms with van der Waals surface area (Å²) in [4.78, 5) is 0. The lowest BCUT2D eigenvalue weighted by atomic mass is 10.1. The summed E-state index contributed by atoms with van der Waals surface area (Å²) >= 11 is 1.80. The second-order valence-electron chi connectivity index (χ2n) is 2.44. The van der Waals surface area contributed by atoms with Crippen LogP contribution in [-0.2, 0) is 12.9 Å². The van der Waals surface area contributed by atoms with Gasteiger partial charge in [0.05, 0.1) is 5.56 Å². The molecule has 0 bridgehead atoms. The van der Waals surface area contributed by atoms with Crippen molar-refractivity contribution in [1.29, 1.82) is 0 Å². The van der Waals surface area contributed by atoms with E-state index in [9.17, 15) is 17.6 Å². The van der Waals surface area contributed by atoms with Gasteiger partial charge in [0, 0.05) is 3.57 Å². The molecule has 0 atom stereocenters. The van der Waals surface area contributed by atoms with Crippen molar-refractivity contribution in [2.24, 2.45) is 0 Å². The summed E-state index contributed by atoms with van der Waals surface area (Å²) in [6, 6.07) is 3.04. The quantitative estimate of drug-likeness (QED) is 0.547. The fourth-order valence-electron chi connectivity index (χ4n) is 0.853. The molecule has 0 aromatic heterocycles. The van der Waals surface area contributed by atoms with Gasteiger partial charge in [-0.1, -0.05) is 0 Å². The van der Waals surface area contributed by atoms with Gasteiger partial charge in [-0.15, -0.1) is 0 Å². The van der Waals surface area contributed by atoms with Gasteiger partial charge in [-0.05, 0) is 46.4 Å². The van der Waals surface area contributed by atoms with E-state index in [4.69, 9.17) is 0 Å². The monoisotopic (exact) mass is 304 g/mol. The van der Waals surface area contributed by atoms with Gasteiger partial charge >= 0.3 is 6.18 Å². The minimum absolute atomic E-state index is 0.0791. The Morgan fingerprint density at radius 2 is 1.85 bits per heavy atom. The second kappa shape index (κ2) is 3.81. The number of hydrogen-bond donors (Lipinski definition) is 0. The predicted octanol–water partition coefficient (Wildman–Crippen LogP) is 3.78. The molecule has 0 heterocycles. The zero-order valence-electron chi connectivity index (χ0n) is 6.33. The molecule has 0 spiro atoms. The molecule has 0 nitrogen and oxygen atoms in total. The first kappa shape index (κ1) is 10.7. The fourth-order valence-corrected chi connectivity index (χ4v) is 1.33. The molecule has 5 heteroatoms. The Morgan fingerprint density at radius 1 is 1.23 bits per heavy atom. The first-order chi connectivity index (χ1) is 5.95. The first-order valence-corrected chi connectivity index (χ1v) is 4.44. The lowest BCUT2D eigenvalue weighted by molar-refractivity contribution is -0.137.